The molecule has 8 heteroatoms. The van der Waals surface area contributed by atoms with Crippen LogP contribution in [0, 0.1) is 23.3 Å². The maximum Gasteiger partial charge on any atom is 0.203 e. The third kappa shape index (κ3) is 3.60. The Morgan fingerprint density at radius 3 is 2.33 bits per heavy atom. The molecule has 0 aliphatic heterocycles. The zero-order valence-corrected chi connectivity index (χ0v) is 12.7. The van der Waals surface area contributed by atoms with Gasteiger partial charge >= 0.3 is 0 Å². The van der Waals surface area contributed by atoms with Gasteiger partial charge in [-0.05, 0) is 35.9 Å². The molecule has 24 heavy (non-hydrogen) atoms. The van der Waals surface area contributed by atoms with Crippen LogP contribution in [0.3, 0.4) is 0 Å². The molecular formula is C16H9F4N3S. The zero-order valence-electron chi connectivity index (χ0n) is 11.9. The van der Waals surface area contributed by atoms with Crippen LogP contribution in [0.4, 0.5) is 22.7 Å². The van der Waals surface area contributed by atoms with E-state index in [1.807, 2.05) is 0 Å². The molecule has 3 aromatic rings. The van der Waals surface area contributed by atoms with Crippen molar-refractivity contribution < 1.29 is 17.6 Å². The number of hydrogen-bond acceptors (Lipinski definition) is 4. The molecule has 0 amide bonds. The van der Waals surface area contributed by atoms with Crippen molar-refractivity contribution in [3.63, 3.8) is 0 Å². The number of rotatable bonds is 4. The minimum atomic E-state index is -0.964. The van der Waals surface area contributed by atoms with Gasteiger partial charge in [0.2, 0.25) is 5.13 Å². The van der Waals surface area contributed by atoms with Crippen LogP contribution in [0.2, 0.25) is 0 Å². The second-order valence-electron chi connectivity index (χ2n) is 4.71. The smallest absolute Gasteiger partial charge is 0.203 e. The largest absolute Gasteiger partial charge is 0.253 e. The van der Waals surface area contributed by atoms with Gasteiger partial charge in [0, 0.05) is 10.9 Å². The summed E-state index contributed by atoms with van der Waals surface area (Å²) in [4.78, 5) is 4.18. The van der Waals surface area contributed by atoms with Gasteiger partial charge < -0.3 is 0 Å². The Kier molecular flexibility index (Phi) is 4.57. The van der Waals surface area contributed by atoms with Crippen LogP contribution in [0.1, 0.15) is 5.56 Å². The summed E-state index contributed by atoms with van der Waals surface area (Å²) in [5, 5.41) is 5.94. The Hall–Kier alpha value is -2.74. The van der Waals surface area contributed by atoms with Gasteiger partial charge in [0.15, 0.2) is 23.3 Å². The van der Waals surface area contributed by atoms with Gasteiger partial charge in [0.1, 0.15) is 0 Å². The van der Waals surface area contributed by atoms with E-state index in [0.717, 1.165) is 24.3 Å². The molecule has 1 aromatic heterocycles. The SMILES string of the molecule is Fc1ccc(/C=N/Nc2nc(-c3ccc(F)c(F)c3)cs2)cc1F. The van der Waals surface area contributed by atoms with Gasteiger partial charge in [0.25, 0.3) is 0 Å². The van der Waals surface area contributed by atoms with E-state index in [-0.39, 0.29) is 0 Å². The molecule has 0 bridgehead atoms. The molecule has 122 valence electrons. The van der Waals surface area contributed by atoms with Crippen molar-refractivity contribution in [2.45, 2.75) is 0 Å². The fraction of sp³-hybridized carbons (Fsp3) is 0. The summed E-state index contributed by atoms with van der Waals surface area (Å²) in [5.41, 5.74) is 3.91. The van der Waals surface area contributed by atoms with E-state index in [2.05, 4.69) is 15.5 Å². The fourth-order valence-electron chi connectivity index (χ4n) is 1.87. The summed E-state index contributed by atoms with van der Waals surface area (Å²) in [7, 11) is 0. The molecule has 0 aliphatic rings. The first-order valence-corrected chi connectivity index (χ1v) is 7.56. The molecule has 0 aliphatic carbocycles. The Labute approximate surface area is 138 Å². The van der Waals surface area contributed by atoms with Crippen LogP contribution in [-0.4, -0.2) is 11.2 Å². The minimum Gasteiger partial charge on any atom is -0.253 e. The van der Waals surface area contributed by atoms with Gasteiger partial charge in [-0.25, -0.2) is 22.5 Å². The predicted octanol–water partition coefficient (Wildman–Crippen LogP) is 4.81. The molecule has 3 rings (SSSR count). The number of benzene rings is 2. The summed E-state index contributed by atoms with van der Waals surface area (Å²) in [6, 6.07) is 6.88. The summed E-state index contributed by atoms with van der Waals surface area (Å²) >= 11 is 1.21. The molecule has 0 saturated heterocycles. The topological polar surface area (TPSA) is 37.3 Å². The second kappa shape index (κ2) is 6.79. The van der Waals surface area contributed by atoms with E-state index >= 15 is 0 Å². The molecule has 0 saturated carbocycles. The fourth-order valence-corrected chi connectivity index (χ4v) is 2.54. The van der Waals surface area contributed by atoms with E-state index in [1.54, 1.807) is 5.38 Å². The predicted molar refractivity (Wildman–Crippen MR) is 85.0 cm³/mol. The molecule has 2 aromatic carbocycles. The van der Waals surface area contributed by atoms with E-state index in [4.69, 9.17) is 0 Å². The van der Waals surface area contributed by atoms with Crippen molar-refractivity contribution in [2.24, 2.45) is 5.10 Å². The highest BCUT2D eigenvalue weighted by molar-refractivity contribution is 7.14. The van der Waals surface area contributed by atoms with E-state index in [0.29, 0.717) is 22.0 Å². The van der Waals surface area contributed by atoms with Gasteiger partial charge in [-0.15, -0.1) is 11.3 Å². The Balaban J connectivity index is 1.70. The van der Waals surface area contributed by atoms with Crippen molar-refractivity contribution in [1.82, 2.24) is 4.98 Å². The molecular weight excluding hydrogens is 342 g/mol. The number of aromatic nitrogens is 1. The quantitative estimate of drug-likeness (QED) is 0.416. The van der Waals surface area contributed by atoms with E-state index in [9.17, 15) is 17.6 Å². The normalized spacial score (nSPS) is 11.2. The summed E-state index contributed by atoms with van der Waals surface area (Å²) in [6.45, 7) is 0. The minimum absolute atomic E-state index is 0.374. The third-order valence-electron chi connectivity index (χ3n) is 3.04. The lowest BCUT2D eigenvalue weighted by Gasteiger charge is -1.98. The molecule has 1 N–H and O–H groups in total. The summed E-state index contributed by atoms with van der Waals surface area (Å²) < 4.78 is 52.0. The monoisotopic (exact) mass is 351 g/mol. The number of hydrazone groups is 1. The molecule has 0 radical (unpaired) electrons. The van der Waals surface area contributed by atoms with Gasteiger partial charge in [-0.3, -0.25) is 5.43 Å². The maximum absolute atomic E-state index is 13.2. The first kappa shape index (κ1) is 16.1. The lowest BCUT2D eigenvalue weighted by molar-refractivity contribution is 0.508. The maximum atomic E-state index is 13.2. The number of hydrogen-bond donors (Lipinski definition) is 1. The van der Waals surface area contributed by atoms with Crippen LogP contribution in [-0.2, 0) is 0 Å². The first-order chi connectivity index (χ1) is 11.5. The van der Waals surface area contributed by atoms with Crippen molar-refractivity contribution in [1.29, 1.82) is 0 Å². The average Bonchev–Trinajstić information content (AvgIpc) is 3.02. The van der Waals surface area contributed by atoms with Crippen LogP contribution in [0.25, 0.3) is 11.3 Å². The molecule has 1 heterocycles. The zero-order chi connectivity index (χ0) is 17.1. The number of nitrogens with one attached hydrogen (secondary N) is 1. The lowest BCUT2D eigenvalue weighted by Crippen LogP contribution is -1.92. The van der Waals surface area contributed by atoms with Crippen LogP contribution >= 0.6 is 11.3 Å². The number of halogens is 4. The molecule has 0 atom stereocenters. The molecule has 0 unspecified atom stereocenters. The number of nitrogens with zero attached hydrogens (tertiary/aromatic N) is 2. The van der Waals surface area contributed by atoms with Crippen molar-refractivity contribution in [3.8, 4) is 11.3 Å². The number of anilines is 1. The Morgan fingerprint density at radius 2 is 1.62 bits per heavy atom. The Morgan fingerprint density at radius 1 is 0.917 bits per heavy atom. The number of thiazole rings is 1. The Bertz CT molecular complexity index is 908. The van der Waals surface area contributed by atoms with Crippen molar-refractivity contribution in [3.05, 3.63) is 70.6 Å². The average molecular weight is 351 g/mol. The highest BCUT2D eigenvalue weighted by Crippen LogP contribution is 2.26. The first-order valence-electron chi connectivity index (χ1n) is 6.68. The summed E-state index contributed by atoms with van der Waals surface area (Å²) in [6.07, 6.45) is 1.31. The van der Waals surface area contributed by atoms with Crippen LogP contribution in [0.5, 0.6) is 0 Å². The van der Waals surface area contributed by atoms with E-state index in [1.165, 1.54) is 29.7 Å². The molecule has 3 nitrogen and oxygen atoms in total. The van der Waals surface area contributed by atoms with E-state index < -0.39 is 23.3 Å². The molecule has 0 fully saturated rings. The van der Waals surface area contributed by atoms with Gasteiger partial charge in [-0.1, -0.05) is 6.07 Å². The van der Waals surface area contributed by atoms with Crippen molar-refractivity contribution in [2.75, 3.05) is 5.43 Å². The van der Waals surface area contributed by atoms with Crippen LogP contribution in [0.15, 0.2) is 46.9 Å². The van der Waals surface area contributed by atoms with Crippen molar-refractivity contribution >= 4 is 22.7 Å². The molecule has 0 spiro atoms. The highest BCUT2D eigenvalue weighted by Gasteiger charge is 2.08. The standard InChI is InChI=1S/C16H9F4N3S/c17-11-3-1-9(5-13(11)19)7-21-23-16-22-15(8-24-16)10-2-4-12(18)14(20)6-10/h1-8H,(H,22,23)/b21-7+. The van der Waals surface area contributed by atoms with Crippen LogP contribution < -0.4 is 5.43 Å². The third-order valence-corrected chi connectivity index (χ3v) is 3.78. The summed E-state index contributed by atoms with van der Waals surface area (Å²) in [5.74, 6) is -3.78. The highest BCUT2D eigenvalue weighted by atomic mass is 32.1. The van der Waals surface area contributed by atoms with Gasteiger partial charge in [-0.2, -0.15) is 5.10 Å². The second-order valence-corrected chi connectivity index (χ2v) is 5.57. The van der Waals surface area contributed by atoms with Gasteiger partial charge in [0.05, 0.1) is 11.9 Å². The lowest BCUT2D eigenvalue weighted by atomic mass is 10.2.